The van der Waals surface area contributed by atoms with E-state index in [0.29, 0.717) is 5.92 Å². The molecule has 4 nitrogen and oxygen atoms in total. The summed E-state index contributed by atoms with van der Waals surface area (Å²) in [4.78, 5) is 11.5. The Bertz CT molecular complexity index is 532. The van der Waals surface area contributed by atoms with Gasteiger partial charge in [0.1, 0.15) is 6.10 Å². The van der Waals surface area contributed by atoms with Crippen LogP contribution >= 0.6 is 0 Å². The maximum absolute atomic E-state index is 11.5. The van der Waals surface area contributed by atoms with E-state index in [0.717, 1.165) is 47.8 Å². The summed E-state index contributed by atoms with van der Waals surface area (Å²) in [6.07, 6.45) is 7.05. The van der Waals surface area contributed by atoms with E-state index in [9.17, 15) is 9.90 Å². The summed E-state index contributed by atoms with van der Waals surface area (Å²) >= 11 is 0. The van der Waals surface area contributed by atoms with Crippen LogP contribution in [0.3, 0.4) is 0 Å². The third-order valence-electron chi connectivity index (χ3n) is 8.32. The molecule has 0 radical (unpaired) electrons. The average molecular weight is 334 g/mol. The van der Waals surface area contributed by atoms with Gasteiger partial charge in [0.15, 0.2) is 0 Å². The molecule has 0 aliphatic heterocycles. The number of hydrogen-bond acceptors (Lipinski definition) is 4. The van der Waals surface area contributed by atoms with E-state index in [1.807, 2.05) is 0 Å². The van der Waals surface area contributed by atoms with E-state index in [4.69, 9.17) is 9.47 Å². The van der Waals surface area contributed by atoms with Crippen molar-refractivity contribution >= 4 is 5.97 Å². The maximum Gasteiger partial charge on any atom is 0.336 e. The Kier molecular flexibility index (Phi) is 3.54. The normalized spacial score (nSPS) is 53.0. The van der Waals surface area contributed by atoms with Gasteiger partial charge in [-0.05, 0) is 93.3 Å². The zero-order valence-corrected chi connectivity index (χ0v) is 14.8. The molecule has 5 saturated carbocycles. The SMILES string of the molecule is CC(OC(=O)C(C)O)OC1CC2CC1C1C3CC(C4CCCC43)C21. The Morgan fingerprint density at radius 2 is 1.67 bits per heavy atom. The highest BCUT2D eigenvalue weighted by molar-refractivity contribution is 5.73. The third kappa shape index (κ3) is 2.08. The number of carbonyl (C=O) groups excluding carboxylic acids is 1. The lowest BCUT2D eigenvalue weighted by molar-refractivity contribution is -0.200. The zero-order valence-electron chi connectivity index (χ0n) is 14.8. The van der Waals surface area contributed by atoms with E-state index in [2.05, 4.69) is 0 Å². The second-order valence-corrected chi connectivity index (χ2v) is 9.23. The summed E-state index contributed by atoms with van der Waals surface area (Å²) in [6.45, 7) is 3.22. The second-order valence-electron chi connectivity index (χ2n) is 9.23. The van der Waals surface area contributed by atoms with Gasteiger partial charge in [0.05, 0.1) is 6.10 Å². The summed E-state index contributed by atoms with van der Waals surface area (Å²) in [5.41, 5.74) is 0. The van der Waals surface area contributed by atoms with Crippen molar-refractivity contribution in [2.75, 3.05) is 0 Å². The van der Waals surface area contributed by atoms with Gasteiger partial charge in [-0.1, -0.05) is 6.42 Å². The lowest BCUT2D eigenvalue weighted by atomic mass is 9.64. The van der Waals surface area contributed by atoms with E-state index in [1.165, 1.54) is 39.0 Å². The van der Waals surface area contributed by atoms with Crippen molar-refractivity contribution < 1.29 is 19.4 Å². The van der Waals surface area contributed by atoms with E-state index < -0.39 is 18.4 Å². The maximum atomic E-state index is 11.5. The van der Waals surface area contributed by atoms with Crippen LogP contribution in [0.5, 0.6) is 0 Å². The molecule has 134 valence electrons. The molecular formula is C20H30O4. The first-order valence-electron chi connectivity index (χ1n) is 10.1. The van der Waals surface area contributed by atoms with Gasteiger partial charge in [0, 0.05) is 0 Å². The molecule has 4 bridgehead atoms. The van der Waals surface area contributed by atoms with Crippen LogP contribution in [-0.4, -0.2) is 29.6 Å². The van der Waals surface area contributed by atoms with Crippen molar-refractivity contribution in [3.05, 3.63) is 0 Å². The number of aliphatic hydroxyl groups excluding tert-OH is 1. The summed E-state index contributed by atoms with van der Waals surface area (Å²) in [5.74, 6) is 6.87. The predicted octanol–water partition coefficient (Wildman–Crippen LogP) is 2.98. The Hall–Kier alpha value is -0.610. The van der Waals surface area contributed by atoms with Gasteiger partial charge in [-0.15, -0.1) is 0 Å². The smallest absolute Gasteiger partial charge is 0.336 e. The molecule has 4 heteroatoms. The molecule has 0 amide bonds. The molecule has 5 rings (SSSR count). The first kappa shape index (κ1) is 15.6. The van der Waals surface area contributed by atoms with Crippen molar-refractivity contribution in [3.8, 4) is 0 Å². The number of rotatable bonds is 4. The number of esters is 1. The van der Waals surface area contributed by atoms with Crippen LogP contribution < -0.4 is 0 Å². The molecule has 11 unspecified atom stereocenters. The molecule has 5 fully saturated rings. The molecule has 11 atom stereocenters. The van der Waals surface area contributed by atoms with Crippen LogP contribution in [0.2, 0.25) is 0 Å². The van der Waals surface area contributed by atoms with Crippen molar-refractivity contribution in [2.45, 2.75) is 70.9 Å². The van der Waals surface area contributed by atoms with Crippen LogP contribution in [-0.2, 0) is 14.3 Å². The van der Waals surface area contributed by atoms with Gasteiger partial charge >= 0.3 is 5.97 Å². The monoisotopic (exact) mass is 334 g/mol. The molecular weight excluding hydrogens is 304 g/mol. The molecule has 5 aliphatic rings. The van der Waals surface area contributed by atoms with Gasteiger partial charge < -0.3 is 14.6 Å². The van der Waals surface area contributed by atoms with Gasteiger partial charge in [-0.25, -0.2) is 4.79 Å². The van der Waals surface area contributed by atoms with E-state index in [1.54, 1.807) is 6.92 Å². The Labute approximate surface area is 144 Å². The minimum atomic E-state index is -1.08. The average Bonchev–Trinajstić information content (AvgIpc) is 3.28. The highest BCUT2D eigenvalue weighted by Crippen LogP contribution is 2.73. The first-order valence-corrected chi connectivity index (χ1v) is 10.1. The number of fused-ring (bicyclic) bond motifs is 12. The highest BCUT2D eigenvalue weighted by atomic mass is 16.7. The van der Waals surface area contributed by atoms with Crippen LogP contribution in [0, 0.1) is 47.3 Å². The molecule has 1 N–H and O–H groups in total. The fourth-order valence-corrected chi connectivity index (χ4v) is 7.95. The molecule has 0 saturated heterocycles. The van der Waals surface area contributed by atoms with Crippen LogP contribution in [0.4, 0.5) is 0 Å². The molecule has 0 aromatic carbocycles. The molecule has 24 heavy (non-hydrogen) atoms. The Balaban J connectivity index is 1.26. The number of ether oxygens (including phenoxy) is 2. The molecule has 0 aromatic heterocycles. The summed E-state index contributed by atoms with van der Waals surface area (Å²) in [7, 11) is 0. The standard InChI is InChI=1S/C20H30O4/c1-9(21)20(22)24-10(2)23-17-7-11-6-16(17)19-15-8-14(18(11)19)12-4-3-5-13(12)15/h9-19,21H,3-8H2,1-2H3. The lowest BCUT2D eigenvalue weighted by Crippen LogP contribution is -2.42. The fourth-order valence-electron chi connectivity index (χ4n) is 7.95. The van der Waals surface area contributed by atoms with Gasteiger partial charge in [0.2, 0.25) is 6.29 Å². The van der Waals surface area contributed by atoms with Crippen molar-refractivity contribution in [3.63, 3.8) is 0 Å². The minimum Gasteiger partial charge on any atom is -0.434 e. The molecule has 0 aromatic rings. The molecule has 0 spiro atoms. The van der Waals surface area contributed by atoms with Gasteiger partial charge in [-0.2, -0.15) is 0 Å². The third-order valence-corrected chi connectivity index (χ3v) is 8.32. The topological polar surface area (TPSA) is 55.8 Å². The van der Waals surface area contributed by atoms with Crippen LogP contribution in [0.1, 0.15) is 52.4 Å². The fraction of sp³-hybridized carbons (Fsp3) is 0.950. The van der Waals surface area contributed by atoms with Crippen LogP contribution in [0.15, 0.2) is 0 Å². The van der Waals surface area contributed by atoms with E-state index in [-0.39, 0.29) is 6.10 Å². The van der Waals surface area contributed by atoms with Crippen molar-refractivity contribution in [1.82, 2.24) is 0 Å². The zero-order chi connectivity index (χ0) is 16.6. The summed E-state index contributed by atoms with van der Waals surface area (Å²) in [5, 5.41) is 9.29. The minimum absolute atomic E-state index is 0.257. The Morgan fingerprint density at radius 3 is 2.38 bits per heavy atom. The van der Waals surface area contributed by atoms with Crippen LogP contribution in [0.25, 0.3) is 0 Å². The van der Waals surface area contributed by atoms with Crippen molar-refractivity contribution in [2.24, 2.45) is 47.3 Å². The summed E-state index contributed by atoms with van der Waals surface area (Å²) in [6, 6.07) is 0. The lowest BCUT2D eigenvalue weighted by Gasteiger charge is -2.43. The predicted molar refractivity (Wildman–Crippen MR) is 87.7 cm³/mol. The van der Waals surface area contributed by atoms with Crippen molar-refractivity contribution in [1.29, 1.82) is 0 Å². The summed E-state index contributed by atoms with van der Waals surface area (Å²) < 4.78 is 11.4. The second kappa shape index (κ2) is 5.44. The Morgan fingerprint density at radius 1 is 0.958 bits per heavy atom. The first-order chi connectivity index (χ1) is 11.5. The molecule has 0 heterocycles. The number of hydrogen-bond donors (Lipinski definition) is 1. The molecule has 5 aliphatic carbocycles. The number of aliphatic hydroxyl groups is 1. The quantitative estimate of drug-likeness (QED) is 0.488. The number of carbonyl (C=O) groups is 1. The van der Waals surface area contributed by atoms with Gasteiger partial charge in [-0.3, -0.25) is 0 Å². The van der Waals surface area contributed by atoms with E-state index >= 15 is 0 Å². The largest absolute Gasteiger partial charge is 0.434 e. The highest BCUT2D eigenvalue weighted by Gasteiger charge is 2.68. The van der Waals surface area contributed by atoms with Gasteiger partial charge in [0.25, 0.3) is 0 Å².